The highest BCUT2D eigenvalue weighted by molar-refractivity contribution is 7.19. The molecule has 0 N–H and O–H groups in total. The lowest BCUT2D eigenvalue weighted by Crippen LogP contribution is -2.74. The zero-order chi connectivity index (χ0) is 47.1. The van der Waals surface area contributed by atoms with Gasteiger partial charge in [-0.15, -0.1) is 0 Å². The fraction of sp³-hybridized carbons (Fsp3) is 0. The van der Waals surface area contributed by atoms with Crippen LogP contribution in [0.25, 0.3) is 71.3 Å². The summed E-state index contributed by atoms with van der Waals surface area (Å²) in [6.45, 7) is 0. The minimum Gasteiger partial charge on any atom is -0.311 e. The minimum atomic E-state index is -2.72. The summed E-state index contributed by atoms with van der Waals surface area (Å²) in [5.74, 6) is 0. The summed E-state index contributed by atoms with van der Waals surface area (Å²) in [6.07, 6.45) is 0. The molecule has 0 aliphatic rings. The fourth-order valence-electron chi connectivity index (χ4n) is 11.3. The Morgan fingerprint density at radius 1 is 0.282 bits per heavy atom. The van der Waals surface area contributed by atoms with Gasteiger partial charge in [-0.25, -0.2) is 0 Å². The Balaban J connectivity index is 0.940. The average molecular weight is 921 g/mol. The molecule has 1 aromatic heterocycles. The van der Waals surface area contributed by atoms with Crippen molar-refractivity contribution in [2.45, 2.75) is 0 Å². The second-order valence-corrected chi connectivity index (χ2v) is 22.2. The quantitative estimate of drug-likeness (QED) is 0.0754. The van der Waals surface area contributed by atoms with Crippen molar-refractivity contribution in [2.24, 2.45) is 0 Å². The topological polar surface area (TPSA) is 8.17 Å². The van der Waals surface area contributed by atoms with E-state index in [0.717, 1.165) is 22.7 Å². The standard InChI is InChI=1S/C68H48N2Si/c1-5-19-54(20-6-1)70-66-30-16-15-28-65(66)68-64(29-17-31-67(68)70)51-36-41-56(42-37-51)69(55-39-34-49(35-40-55)52-38-47-63-53(48-52)33-32-50-18-13-14-27-62(50)63)57-43-45-61(46-44-57)71(58-21-7-2-8-22-58,59-23-9-3-10-24-59)60-25-11-4-12-26-60/h1-48H. The molecular weight excluding hydrogens is 873 g/mol. The van der Waals surface area contributed by atoms with Crippen LogP contribution in [0.5, 0.6) is 0 Å². The number of anilines is 3. The van der Waals surface area contributed by atoms with E-state index in [0.29, 0.717) is 0 Å². The Kier molecular flexibility index (Phi) is 10.6. The second-order valence-electron chi connectivity index (χ2n) is 18.4. The Hall–Kier alpha value is -9.02. The maximum Gasteiger partial charge on any atom is 0.179 e. The molecule has 12 aromatic carbocycles. The number of fused-ring (bicyclic) bond motifs is 6. The SMILES string of the molecule is c1ccc(-n2c3ccccc3c3c(-c4ccc(N(c5ccc(-c6ccc7c(ccc8ccccc87)c6)cc5)c5ccc([Si](c6ccccc6)(c6ccccc6)c6ccccc6)cc5)cc4)cccc32)cc1. The molecule has 13 aromatic rings. The summed E-state index contributed by atoms with van der Waals surface area (Å²) in [7, 11) is -2.72. The fourth-order valence-corrected chi connectivity index (χ4v) is 16.0. The van der Waals surface area contributed by atoms with Gasteiger partial charge in [-0.05, 0) is 131 Å². The van der Waals surface area contributed by atoms with Gasteiger partial charge in [-0.3, -0.25) is 0 Å². The van der Waals surface area contributed by atoms with Crippen molar-refractivity contribution < 1.29 is 0 Å². The lowest BCUT2D eigenvalue weighted by Gasteiger charge is -2.35. The zero-order valence-electron chi connectivity index (χ0n) is 39.1. The largest absolute Gasteiger partial charge is 0.311 e. The lowest BCUT2D eigenvalue weighted by molar-refractivity contribution is 1.18. The van der Waals surface area contributed by atoms with Gasteiger partial charge in [0.2, 0.25) is 0 Å². The summed E-state index contributed by atoms with van der Waals surface area (Å²) in [6, 6.07) is 107. The van der Waals surface area contributed by atoms with Crippen LogP contribution in [0.3, 0.4) is 0 Å². The third-order valence-corrected chi connectivity index (χ3v) is 19.3. The normalized spacial score (nSPS) is 11.7. The summed E-state index contributed by atoms with van der Waals surface area (Å²) in [5, 5.41) is 13.0. The Morgan fingerprint density at radius 3 is 1.35 bits per heavy atom. The van der Waals surface area contributed by atoms with Gasteiger partial charge < -0.3 is 9.47 Å². The first-order valence-electron chi connectivity index (χ1n) is 24.5. The Morgan fingerprint density at radius 2 is 0.732 bits per heavy atom. The molecule has 13 rings (SSSR count). The number of nitrogens with zero attached hydrogens (tertiary/aromatic N) is 2. The zero-order valence-corrected chi connectivity index (χ0v) is 40.1. The predicted molar refractivity (Wildman–Crippen MR) is 305 cm³/mol. The van der Waals surface area contributed by atoms with Gasteiger partial charge in [0.25, 0.3) is 0 Å². The molecule has 3 heteroatoms. The molecule has 0 spiro atoms. The molecule has 0 saturated heterocycles. The van der Waals surface area contributed by atoms with Crippen molar-refractivity contribution in [3.8, 4) is 27.9 Å². The van der Waals surface area contributed by atoms with Crippen LogP contribution >= 0.6 is 0 Å². The van der Waals surface area contributed by atoms with E-state index >= 15 is 0 Å². The molecule has 0 aliphatic heterocycles. The summed E-state index contributed by atoms with van der Waals surface area (Å²) in [4.78, 5) is 2.41. The monoisotopic (exact) mass is 920 g/mol. The first-order valence-corrected chi connectivity index (χ1v) is 26.5. The van der Waals surface area contributed by atoms with Crippen molar-refractivity contribution in [2.75, 3.05) is 4.90 Å². The minimum absolute atomic E-state index is 1.09. The van der Waals surface area contributed by atoms with E-state index in [1.807, 2.05) is 0 Å². The number of aromatic nitrogens is 1. The highest BCUT2D eigenvalue weighted by atomic mass is 28.3. The molecule has 0 radical (unpaired) electrons. The van der Waals surface area contributed by atoms with Crippen molar-refractivity contribution in [1.29, 1.82) is 0 Å². The molecule has 0 saturated carbocycles. The third kappa shape index (κ3) is 7.26. The highest BCUT2D eigenvalue weighted by Crippen LogP contribution is 2.41. The van der Waals surface area contributed by atoms with Crippen molar-refractivity contribution in [3.63, 3.8) is 0 Å². The predicted octanol–water partition coefficient (Wildman–Crippen LogP) is 15.3. The maximum absolute atomic E-state index is 2.72. The van der Waals surface area contributed by atoms with E-state index in [9.17, 15) is 0 Å². The molecule has 0 bridgehead atoms. The molecular formula is C68H48N2Si. The molecule has 0 unspecified atom stereocenters. The Bertz CT molecular complexity index is 3900. The average Bonchev–Trinajstić information content (AvgIpc) is 3.80. The molecule has 2 nitrogen and oxygen atoms in total. The molecule has 0 atom stereocenters. The third-order valence-electron chi connectivity index (χ3n) is 14.5. The van der Waals surface area contributed by atoms with E-state index in [4.69, 9.17) is 0 Å². The van der Waals surface area contributed by atoms with Crippen LogP contribution in [0.4, 0.5) is 17.1 Å². The summed E-state index contributed by atoms with van der Waals surface area (Å²) >= 11 is 0. The number of benzene rings is 12. The van der Waals surface area contributed by atoms with Crippen molar-refractivity contribution >= 4 is 89.2 Å². The van der Waals surface area contributed by atoms with Crippen LogP contribution in [0.1, 0.15) is 0 Å². The van der Waals surface area contributed by atoms with Gasteiger partial charge in [-0.1, -0.05) is 224 Å². The van der Waals surface area contributed by atoms with E-state index < -0.39 is 8.07 Å². The van der Waals surface area contributed by atoms with Crippen molar-refractivity contribution in [1.82, 2.24) is 4.57 Å². The lowest BCUT2D eigenvalue weighted by atomic mass is 9.97. The van der Waals surface area contributed by atoms with Gasteiger partial charge in [0.1, 0.15) is 0 Å². The van der Waals surface area contributed by atoms with Gasteiger partial charge in [0.15, 0.2) is 8.07 Å². The van der Waals surface area contributed by atoms with Crippen LogP contribution in [0, 0.1) is 0 Å². The molecule has 0 aliphatic carbocycles. The number of hydrogen-bond acceptors (Lipinski definition) is 1. The summed E-state index contributed by atoms with van der Waals surface area (Å²) < 4.78 is 2.39. The first kappa shape index (κ1) is 42.1. The van der Waals surface area contributed by atoms with Crippen LogP contribution < -0.4 is 25.6 Å². The molecule has 1 heterocycles. The van der Waals surface area contributed by atoms with Gasteiger partial charge in [-0.2, -0.15) is 0 Å². The van der Waals surface area contributed by atoms with Crippen LogP contribution in [-0.2, 0) is 0 Å². The maximum atomic E-state index is 2.41. The van der Waals surface area contributed by atoms with Crippen LogP contribution in [0.15, 0.2) is 291 Å². The summed E-state index contributed by atoms with van der Waals surface area (Å²) in [5.41, 5.74) is 11.6. The molecule has 0 amide bonds. The number of hydrogen-bond donors (Lipinski definition) is 0. The van der Waals surface area contributed by atoms with E-state index in [-0.39, 0.29) is 0 Å². The number of rotatable bonds is 10. The Labute approximate surface area is 415 Å². The molecule has 71 heavy (non-hydrogen) atoms. The van der Waals surface area contributed by atoms with Crippen LogP contribution in [-0.4, -0.2) is 12.6 Å². The number of para-hydroxylation sites is 2. The first-order chi connectivity index (χ1) is 35.2. The molecule has 334 valence electrons. The second kappa shape index (κ2) is 17.8. The van der Waals surface area contributed by atoms with E-state index in [1.54, 1.807) is 0 Å². The van der Waals surface area contributed by atoms with E-state index in [1.165, 1.54) is 86.4 Å². The smallest absolute Gasteiger partial charge is 0.179 e. The molecule has 0 fully saturated rings. The highest BCUT2D eigenvalue weighted by Gasteiger charge is 2.41. The van der Waals surface area contributed by atoms with Crippen molar-refractivity contribution in [3.05, 3.63) is 291 Å². The van der Waals surface area contributed by atoms with Gasteiger partial charge in [0, 0.05) is 33.5 Å². The van der Waals surface area contributed by atoms with Gasteiger partial charge in [0.05, 0.1) is 11.0 Å². The van der Waals surface area contributed by atoms with E-state index in [2.05, 4.69) is 301 Å². The van der Waals surface area contributed by atoms with Crippen LogP contribution in [0.2, 0.25) is 0 Å². The van der Waals surface area contributed by atoms with Gasteiger partial charge >= 0.3 is 0 Å².